The van der Waals surface area contributed by atoms with Gasteiger partial charge in [0, 0.05) is 5.88 Å². The van der Waals surface area contributed by atoms with Crippen LogP contribution < -0.4 is 0 Å². The summed E-state index contributed by atoms with van der Waals surface area (Å²) in [5.74, 6) is 0.612. The molecule has 23 heavy (non-hydrogen) atoms. The fraction of sp³-hybridized carbons (Fsp3) is 0.182. The van der Waals surface area contributed by atoms with Crippen molar-refractivity contribution in [3.05, 3.63) is 108 Å². The van der Waals surface area contributed by atoms with Crippen LogP contribution in [-0.4, -0.2) is 0 Å². The molecule has 0 aliphatic carbocycles. The summed E-state index contributed by atoms with van der Waals surface area (Å²) in [6.45, 7) is 0. The van der Waals surface area contributed by atoms with Gasteiger partial charge in [-0.25, -0.2) is 0 Å². The minimum absolute atomic E-state index is 0. The lowest BCUT2D eigenvalue weighted by molar-refractivity contribution is 0.960. The molecule has 0 N–H and O–H groups in total. The van der Waals surface area contributed by atoms with Gasteiger partial charge in [-0.2, -0.15) is 0 Å². The van der Waals surface area contributed by atoms with Crippen LogP contribution in [0.15, 0.2) is 91.0 Å². The molecule has 1 heteroatoms. The fourth-order valence-electron chi connectivity index (χ4n) is 2.15. The molecule has 0 spiro atoms. The Morgan fingerprint density at radius 1 is 0.478 bits per heavy atom. The zero-order chi connectivity index (χ0) is 15.5. The lowest BCUT2D eigenvalue weighted by atomic mass is 10.0. The number of halogens is 1. The van der Waals surface area contributed by atoms with E-state index >= 15 is 0 Å². The third-order valence-corrected chi connectivity index (χ3v) is 3.69. The normalized spacial score (nSPS) is 9.26. The summed E-state index contributed by atoms with van der Waals surface area (Å²) in [7, 11) is 0. The molecule has 3 aromatic carbocycles. The summed E-state index contributed by atoms with van der Waals surface area (Å²) in [6.07, 6.45) is 2.26. The molecule has 0 aliphatic rings. The minimum Gasteiger partial charge on any atom is -0.122 e. The largest absolute Gasteiger partial charge is 0.122 e. The average molecular weight is 325 g/mol. The summed E-state index contributed by atoms with van der Waals surface area (Å²) in [5, 5.41) is 0. The maximum Gasteiger partial charge on any atom is 0.0474 e. The van der Waals surface area contributed by atoms with Gasteiger partial charge in [-0.3, -0.25) is 0 Å². The topological polar surface area (TPSA) is 0 Å². The lowest BCUT2D eigenvalue weighted by Gasteiger charge is -2.01. The second kappa shape index (κ2) is 11.5. The van der Waals surface area contributed by atoms with Gasteiger partial charge in [-0.15, -0.1) is 11.6 Å². The zero-order valence-corrected chi connectivity index (χ0v) is 13.4. The van der Waals surface area contributed by atoms with Crippen molar-refractivity contribution >= 4 is 11.6 Å². The van der Waals surface area contributed by atoms with E-state index in [9.17, 15) is 0 Å². The second-order valence-corrected chi connectivity index (χ2v) is 5.36. The monoisotopic (exact) mass is 324 g/mol. The highest BCUT2D eigenvalue weighted by molar-refractivity contribution is 6.17. The summed E-state index contributed by atoms with van der Waals surface area (Å²) >= 11 is 5.53. The van der Waals surface area contributed by atoms with Crippen molar-refractivity contribution in [1.29, 1.82) is 0 Å². The molecule has 0 unspecified atom stereocenters. The van der Waals surface area contributed by atoms with Gasteiger partial charge >= 0.3 is 0 Å². The van der Waals surface area contributed by atoms with Crippen LogP contribution in [0.3, 0.4) is 0 Å². The first-order chi connectivity index (χ1) is 10.9. The van der Waals surface area contributed by atoms with E-state index in [4.69, 9.17) is 11.6 Å². The van der Waals surface area contributed by atoms with E-state index in [2.05, 4.69) is 60.7 Å². The Hall–Kier alpha value is -2.05. The molecule has 0 saturated heterocycles. The molecule has 0 nitrogen and oxygen atoms in total. The molecule has 0 saturated carbocycles. The molecule has 0 bridgehead atoms. The molecule has 3 rings (SSSR count). The first-order valence-electron chi connectivity index (χ1n) is 7.56. The molecule has 0 heterocycles. The highest BCUT2D eigenvalue weighted by atomic mass is 35.5. The van der Waals surface area contributed by atoms with Crippen LogP contribution in [0.5, 0.6) is 0 Å². The van der Waals surface area contributed by atoms with E-state index in [0.29, 0.717) is 5.88 Å². The number of aryl methyl sites for hydroxylation is 2. The van der Waals surface area contributed by atoms with E-state index in [1.807, 2.05) is 30.3 Å². The minimum atomic E-state index is 0. The SMILES string of the molecule is C.ClCc1ccccc1.c1ccc(CCc2ccccc2)cc1. The van der Waals surface area contributed by atoms with Crippen molar-refractivity contribution < 1.29 is 0 Å². The highest BCUT2D eigenvalue weighted by Crippen LogP contribution is 2.06. The van der Waals surface area contributed by atoms with Crippen LogP contribution in [-0.2, 0) is 18.7 Å². The van der Waals surface area contributed by atoms with Gasteiger partial charge in [-0.1, -0.05) is 98.4 Å². The van der Waals surface area contributed by atoms with Gasteiger partial charge in [0.1, 0.15) is 0 Å². The van der Waals surface area contributed by atoms with Crippen molar-refractivity contribution in [3.8, 4) is 0 Å². The molecular weight excluding hydrogens is 300 g/mol. The maximum absolute atomic E-state index is 5.53. The van der Waals surface area contributed by atoms with Gasteiger partial charge in [-0.05, 0) is 29.5 Å². The van der Waals surface area contributed by atoms with Crippen molar-refractivity contribution in [1.82, 2.24) is 0 Å². The van der Waals surface area contributed by atoms with Crippen molar-refractivity contribution in [2.45, 2.75) is 26.1 Å². The lowest BCUT2D eigenvalue weighted by Crippen LogP contribution is -1.89. The van der Waals surface area contributed by atoms with E-state index in [0.717, 1.165) is 12.8 Å². The first-order valence-corrected chi connectivity index (χ1v) is 8.09. The van der Waals surface area contributed by atoms with Crippen LogP contribution >= 0.6 is 11.6 Å². The summed E-state index contributed by atoms with van der Waals surface area (Å²) in [5.41, 5.74) is 4.00. The quantitative estimate of drug-likeness (QED) is 0.478. The van der Waals surface area contributed by atoms with Crippen molar-refractivity contribution in [2.24, 2.45) is 0 Å². The first kappa shape index (κ1) is 19.0. The summed E-state index contributed by atoms with van der Waals surface area (Å²) in [6, 6.07) is 31.2. The van der Waals surface area contributed by atoms with E-state index < -0.39 is 0 Å². The standard InChI is InChI=1S/C14H14.C7H7Cl.CH4/c1-3-7-13(8-4-1)11-12-14-9-5-2-6-10-14;8-6-7-4-2-1-3-5-7;/h1-10H,11-12H2;1-5H,6H2;1H4. The Morgan fingerprint density at radius 3 is 1.04 bits per heavy atom. The molecular formula is C22H25Cl. The van der Waals surface area contributed by atoms with E-state index in [1.54, 1.807) is 0 Å². The van der Waals surface area contributed by atoms with Crippen molar-refractivity contribution in [2.75, 3.05) is 0 Å². The third-order valence-electron chi connectivity index (χ3n) is 3.39. The number of alkyl halides is 1. The fourth-order valence-corrected chi connectivity index (χ4v) is 2.32. The van der Waals surface area contributed by atoms with Gasteiger partial charge in [0.25, 0.3) is 0 Å². The highest BCUT2D eigenvalue weighted by Gasteiger charge is 1.93. The summed E-state index contributed by atoms with van der Waals surface area (Å²) in [4.78, 5) is 0. The van der Waals surface area contributed by atoms with Crippen LogP contribution in [0.25, 0.3) is 0 Å². The number of rotatable bonds is 4. The number of benzene rings is 3. The Labute approximate surface area is 145 Å². The van der Waals surface area contributed by atoms with Crippen LogP contribution in [0.1, 0.15) is 24.1 Å². The third kappa shape index (κ3) is 7.67. The Kier molecular flexibility index (Phi) is 9.51. The number of hydrogen-bond donors (Lipinski definition) is 0. The van der Waals surface area contributed by atoms with Gasteiger partial charge in [0.2, 0.25) is 0 Å². The molecule has 0 fully saturated rings. The van der Waals surface area contributed by atoms with Gasteiger partial charge < -0.3 is 0 Å². The predicted molar refractivity (Wildman–Crippen MR) is 103 cm³/mol. The Balaban J connectivity index is 0.000000253. The maximum atomic E-state index is 5.53. The van der Waals surface area contributed by atoms with Gasteiger partial charge in [0.05, 0.1) is 0 Å². The van der Waals surface area contributed by atoms with Crippen LogP contribution in [0.4, 0.5) is 0 Å². The predicted octanol–water partition coefficient (Wildman–Crippen LogP) is 6.53. The molecule has 0 aliphatic heterocycles. The average Bonchev–Trinajstić information content (AvgIpc) is 2.63. The van der Waals surface area contributed by atoms with Gasteiger partial charge in [0.15, 0.2) is 0 Å². The van der Waals surface area contributed by atoms with E-state index in [-0.39, 0.29) is 7.43 Å². The smallest absolute Gasteiger partial charge is 0.0474 e. The Bertz CT molecular complexity index is 578. The number of hydrogen-bond acceptors (Lipinski definition) is 0. The Morgan fingerprint density at radius 2 is 0.783 bits per heavy atom. The van der Waals surface area contributed by atoms with Crippen molar-refractivity contribution in [3.63, 3.8) is 0 Å². The molecule has 120 valence electrons. The second-order valence-electron chi connectivity index (χ2n) is 5.09. The molecule has 0 amide bonds. The molecule has 0 aromatic heterocycles. The van der Waals surface area contributed by atoms with E-state index in [1.165, 1.54) is 16.7 Å². The zero-order valence-electron chi connectivity index (χ0n) is 12.7. The summed E-state index contributed by atoms with van der Waals surface area (Å²) < 4.78 is 0. The molecule has 3 aromatic rings. The van der Waals surface area contributed by atoms with Crippen LogP contribution in [0, 0.1) is 0 Å². The van der Waals surface area contributed by atoms with Crippen LogP contribution in [0.2, 0.25) is 0 Å². The molecule has 0 atom stereocenters. The molecule has 0 radical (unpaired) electrons.